The van der Waals surface area contributed by atoms with Crippen LogP contribution in [-0.4, -0.2) is 38.0 Å². The van der Waals surface area contributed by atoms with Crippen molar-refractivity contribution in [1.82, 2.24) is 0 Å². The van der Waals surface area contributed by atoms with E-state index in [2.05, 4.69) is 5.32 Å². The Morgan fingerprint density at radius 1 is 1.00 bits per heavy atom. The zero-order valence-electron chi connectivity index (χ0n) is 15.4. The molecule has 0 heterocycles. The van der Waals surface area contributed by atoms with Crippen LogP contribution in [-0.2, 0) is 9.53 Å². The summed E-state index contributed by atoms with van der Waals surface area (Å²) in [6.45, 7) is 1.43. The van der Waals surface area contributed by atoms with E-state index in [1.54, 1.807) is 18.2 Å². The van der Waals surface area contributed by atoms with Gasteiger partial charge in [-0.3, -0.25) is 4.79 Å². The Balaban J connectivity index is 1.97. The predicted molar refractivity (Wildman–Crippen MR) is 101 cm³/mol. The molecule has 0 saturated carbocycles. The Bertz CT molecular complexity index is 830. The number of halogens is 2. The largest absolute Gasteiger partial charge is 0.493 e. The van der Waals surface area contributed by atoms with E-state index in [1.165, 1.54) is 45.4 Å². The highest BCUT2D eigenvalue weighted by molar-refractivity contribution is 7.99. The van der Waals surface area contributed by atoms with E-state index in [0.717, 1.165) is 0 Å². The van der Waals surface area contributed by atoms with Gasteiger partial charge in [0, 0.05) is 16.6 Å². The molecule has 0 aromatic heterocycles. The number of anilines is 1. The summed E-state index contributed by atoms with van der Waals surface area (Å²) in [5.74, 6) is -2.87. The van der Waals surface area contributed by atoms with Gasteiger partial charge in [0.2, 0.25) is 0 Å². The monoisotopic (exact) mass is 411 g/mol. The lowest BCUT2D eigenvalue weighted by Gasteiger charge is -2.15. The number of carbonyl (C=O) groups excluding carboxylic acids is 2. The van der Waals surface area contributed by atoms with Crippen molar-refractivity contribution >= 4 is 29.3 Å². The van der Waals surface area contributed by atoms with Crippen molar-refractivity contribution in [2.24, 2.45) is 0 Å². The Labute approximate surface area is 165 Å². The molecule has 0 fully saturated rings. The Kier molecular flexibility index (Phi) is 7.62. The molecule has 0 saturated heterocycles. The van der Waals surface area contributed by atoms with Crippen molar-refractivity contribution < 1.29 is 32.6 Å². The van der Waals surface area contributed by atoms with Gasteiger partial charge in [-0.1, -0.05) is 11.8 Å². The summed E-state index contributed by atoms with van der Waals surface area (Å²) in [6, 6.07) is 10.3. The lowest BCUT2D eigenvalue weighted by atomic mass is 10.2. The number of methoxy groups -OCH3 is 2. The fourth-order valence-electron chi connectivity index (χ4n) is 2.21. The predicted octanol–water partition coefficient (Wildman–Crippen LogP) is 4.20. The smallest absolute Gasteiger partial charge is 0.338 e. The molecule has 0 bridgehead atoms. The average molecular weight is 411 g/mol. The first-order chi connectivity index (χ1) is 13.3. The van der Waals surface area contributed by atoms with Gasteiger partial charge in [-0.2, -0.15) is 8.78 Å². The Morgan fingerprint density at radius 2 is 1.64 bits per heavy atom. The quantitative estimate of drug-likeness (QED) is 0.518. The van der Waals surface area contributed by atoms with Crippen LogP contribution in [0.25, 0.3) is 0 Å². The van der Waals surface area contributed by atoms with E-state index in [4.69, 9.17) is 14.2 Å². The van der Waals surface area contributed by atoms with Crippen molar-refractivity contribution in [2.75, 3.05) is 19.5 Å². The van der Waals surface area contributed by atoms with Gasteiger partial charge >= 0.3 is 5.97 Å². The maximum atomic E-state index is 12.3. The molecule has 2 aromatic carbocycles. The van der Waals surface area contributed by atoms with Crippen LogP contribution in [0.1, 0.15) is 17.3 Å². The molecular formula is C19H19F2NO5S. The van der Waals surface area contributed by atoms with E-state index in [9.17, 15) is 18.4 Å². The van der Waals surface area contributed by atoms with Crippen molar-refractivity contribution in [3.63, 3.8) is 0 Å². The second-order valence-electron chi connectivity index (χ2n) is 5.51. The Morgan fingerprint density at radius 3 is 2.21 bits per heavy atom. The van der Waals surface area contributed by atoms with Crippen LogP contribution in [0.4, 0.5) is 14.5 Å². The van der Waals surface area contributed by atoms with Crippen LogP contribution >= 0.6 is 11.8 Å². The summed E-state index contributed by atoms with van der Waals surface area (Å²) in [5.41, 5.74) is 0.600. The molecule has 1 atom stereocenters. The van der Waals surface area contributed by atoms with E-state index in [-0.39, 0.29) is 5.56 Å². The number of carbonyl (C=O) groups is 2. The number of alkyl halides is 2. The molecule has 1 N–H and O–H groups in total. The summed E-state index contributed by atoms with van der Waals surface area (Å²) in [5, 5.41) is 2.62. The highest BCUT2D eigenvalue weighted by Gasteiger charge is 2.20. The van der Waals surface area contributed by atoms with E-state index >= 15 is 0 Å². The average Bonchev–Trinajstić information content (AvgIpc) is 2.67. The number of amides is 1. The number of hydrogen-bond donors (Lipinski definition) is 1. The molecule has 9 heteroatoms. The number of hydrogen-bond acceptors (Lipinski definition) is 6. The third kappa shape index (κ3) is 5.85. The highest BCUT2D eigenvalue weighted by atomic mass is 32.2. The van der Waals surface area contributed by atoms with E-state index in [0.29, 0.717) is 33.8 Å². The van der Waals surface area contributed by atoms with Crippen LogP contribution in [0, 0.1) is 0 Å². The zero-order chi connectivity index (χ0) is 20.7. The third-order valence-electron chi connectivity index (χ3n) is 3.62. The van der Waals surface area contributed by atoms with Crippen LogP contribution in [0.15, 0.2) is 47.4 Å². The lowest BCUT2D eigenvalue weighted by Crippen LogP contribution is -2.30. The molecule has 2 aromatic rings. The minimum Gasteiger partial charge on any atom is -0.493 e. The lowest BCUT2D eigenvalue weighted by molar-refractivity contribution is -0.123. The van der Waals surface area contributed by atoms with Gasteiger partial charge in [0.15, 0.2) is 17.6 Å². The van der Waals surface area contributed by atoms with E-state index < -0.39 is 23.7 Å². The van der Waals surface area contributed by atoms with Gasteiger partial charge < -0.3 is 19.5 Å². The zero-order valence-corrected chi connectivity index (χ0v) is 16.2. The molecule has 0 radical (unpaired) electrons. The van der Waals surface area contributed by atoms with Crippen molar-refractivity contribution in [3.8, 4) is 11.5 Å². The number of nitrogens with one attached hydrogen (secondary N) is 1. The van der Waals surface area contributed by atoms with Gasteiger partial charge in [0.05, 0.1) is 19.8 Å². The molecule has 150 valence electrons. The fraction of sp³-hybridized carbons (Fsp3) is 0.263. The van der Waals surface area contributed by atoms with Crippen molar-refractivity contribution in [2.45, 2.75) is 23.7 Å². The number of ether oxygens (including phenoxy) is 3. The highest BCUT2D eigenvalue weighted by Crippen LogP contribution is 2.30. The van der Waals surface area contributed by atoms with Gasteiger partial charge in [0.25, 0.3) is 11.7 Å². The molecule has 0 aliphatic rings. The second kappa shape index (κ2) is 9.93. The van der Waals surface area contributed by atoms with E-state index in [1.807, 2.05) is 0 Å². The topological polar surface area (TPSA) is 73.9 Å². The molecule has 2 rings (SSSR count). The summed E-state index contributed by atoms with van der Waals surface area (Å²) in [7, 11) is 2.97. The molecule has 0 spiro atoms. The van der Waals surface area contributed by atoms with Crippen molar-refractivity contribution in [1.29, 1.82) is 0 Å². The summed E-state index contributed by atoms with van der Waals surface area (Å²) in [4.78, 5) is 24.7. The molecule has 1 amide bonds. The number of benzene rings is 2. The van der Waals surface area contributed by atoms with Crippen LogP contribution in [0.5, 0.6) is 11.5 Å². The normalized spacial score (nSPS) is 11.6. The summed E-state index contributed by atoms with van der Waals surface area (Å²) >= 11 is 0.376. The van der Waals surface area contributed by atoms with Crippen LogP contribution in [0.2, 0.25) is 0 Å². The van der Waals surface area contributed by atoms with Crippen LogP contribution < -0.4 is 14.8 Å². The standard InChI is InChI=1S/C19H19F2NO5S/c1-11(17(23)22-13-6-9-15(25-2)16(10-13)26-3)27-18(24)12-4-7-14(8-5-12)28-19(20)21/h4-11,19H,1-3H3,(H,22,23)/t11-/m1/s1. The minimum absolute atomic E-state index is 0.157. The molecule has 0 aliphatic carbocycles. The molecule has 0 unspecified atom stereocenters. The SMILES string of the molecule is COc1ccc(NC(=O)[C@@H](C)OC(=O)c2ccc(SC(F)F)cc2)cc1OC. The first kappa shape index (κ1) is 21.5. The number of rotatable bonds is 8. The Hall–Kier alpha value is -2.81. The molecule has 0 aliphatic heterocycles. The molecule has 28 heavy (non-hydrogen) atoms. The molecule has 6 nitrogen and oxygen atoms in total. The molecular weight excluding hydrogens is 392 g/mol. The fourth-order valence-corrected chi connectivity index (χ4v) is 2.71. The van der Waals surface area contributed by atoms with Gasteiger partial charge in [0.1, 0.15) is 0 Å². The van der Waals surface area contributed by atoms with Crippen molar-refractivity contribution in [3.05, 3.63) is 48.0 Å². The van der Waals surface area contributed by atoms with Gasteiger partial charge in [-0.25, -0.2) is 4.79 Å². The maximum absolute atomic E-state index is 12.3. The first-order valence-electron chi connectivity index (χ1n) is 8.12. The minimum atomic E-state index is -2.54. The number of thioether (sulfide) groups is 1. The summed E-state index contributed by atoms with van der Waals surface area (Å²) in [6.07, 6.45) is -1.07. The van der Waals surface area contributed by atoms with Crippen LogP contribution in [0.3, 0.4) is 0 Å². The maximum Gasteiger partial charge on any atom is 0.338 e. The second-order valence-corrected chi connectivity index (χ2v) is 6.57. The van der Waals surface area contributed by atoms with Gasteiger partial charge in [-0.15, -0.1) is 0 Å². The third-order valence-corrected chi connectivity index (χ3v) is 4.34. The van der Waals surface area contributed by atoms with Gasteiger partial charge in [-0.05, 0) is 43.3 Å². The number of esters is 1. The first-order valence-corrected chi connectivity index (χ1v) is 9.00. The summed E-state index contributed by atoms with van der Waals surface area (Å²) < 4.78 is 40.1.